The van der Waals surface area contributed by atoms with E-state index in [2.05, 4.69) is 0 Å². The fraction of sp³-hybridized carbons (Fsp3) is 0.727. The molecule has 4 aliphatic rings. The SMILES string of the molecule is C/C=C(\C)C(OC(C)=O)C(C)C1=CC(=O)C2=C(OC3(C)CCC4OC(C(C)(C)O)CC(O)C4(C)C3C2O)C1(O)CC(C)=O. The maximum Gasteiger partial charge on any atom is 0.303 e. The van der Waals surface area contributed by atoms with Gasteiger partial charge in [-0.3, -0.25) is 14.4 Å². The molecule has 2 aliphatic carbocycles. The van der Waals surface area contributed by atoms with Crippen molar-refractivity contribution in [3.63, 3.8) is 0 Å². The molecule has 2 aliphatic heterocycles. The van der Waals surface area contributed by atoms with E-state index in [1.165, 1.54) is 19.9 Å². The number of ketones is 2. The van der Waals surface area contributed by atoms with Crippen LogP contribution in [0, 0.1) is 17.3 Å². The van der Waals surface area contributed by atoms with Gasteiger partial charge in [-0.1, -0.05) is 19.9 Å². The predicted molar refractivity (Wildman–Crippen MR) is 156 cm³/mol. The molecule has 2 heterocycles. The van der Waals surface area contributed by atoms with Crippen LogP contribution in [0.15, 0.2) is 34.6 Å². The van der Waals surface area contributed by atoms with Crippen molar-refractivity contribution in [2.45, 2.75) is 135 Å². The Balaban J connectivity index is 1.84. The molecule has 0 aromatic rings. The molecule has 4 rings (SSSR count). The number of hydrogen-bond acceptors (Lipinski definition) is 10. The molecule has 2 fully saturated rings. The Hall–Kier alpha value is -2.37. The van der Waals surface area contributed by atoms with Crippen LogP contribution in [0.4, 0.5) is 0 Å². The third-order valence-corrected chi connectivity index (χ3v) is 10.4. The highest BCUT2D eigenvalue weighted by atomic mass is 16.5. The van der Waals surface area contributed by atoms with Gasteiger partial charge in [-0.15, -0.1) is 0 Å². The summed E-state index contributed by atoms with van der Waals surface area (Å²) in [4.78, 5) is 38.6. The Morgan fingerprint density at radius 2 is 1.84 bits per heavy atom. The van der Waals surface area contributed by atoms with Gasteiger partial charge in [-0.2, -0.15) is 0 Å². The number of esters is 1. The zero-order valence-corrected chi connectivity index (χ0v) is 26.8. The summed E-state index contributed by atoms with van der Waals surface area (Å²) < 4.78 is 18.6. The third-order valence-electron chi connectivity index (χ3n) is 10.4. The molecule has 0 spiro atoms. The van der Waals surface area contributed by atoms with Gasteiger partial charge in [0.25, 0.3) is 0 Å². The molecule has 4 N–H and O–H groups in total. The quantitative estimate of drug-likeness (QED) is 0.251. The largest absolute Gasteiger partial charge is 0.487 e. The van der Waals surface area contributed by atoms with Crippen LogP contribution >= 0.6 is 0 Å². The highest BCUT2D eigenvalue weighted by molar-refractivity contribution is 6.08. The number of aliphatic hydroxyl groups excluding tert-OH is 2. The zero-order valence-electron chi connectivity index (χ0n) is 26.8. The summed E-state index contributed by atoms with van der Waals surface area (Å²) in [6.07, 6.45) is -0.989. The summed E-state index contributed by atoms with van der Waals surface area (Å²) in [6.45, 7) is 14.7. The summed E-state index contributed by atoms with van der Waals surface area (Å²) in [7, 11) is 0. The number of hydrogen-bond donors (Lipinski definition) is 4. The summed E-state index contributed by atoms with van der Waals surface area (Å²) in [5.41, 5.74) is -4.82. The van der Waals surface area contributed by atoms with Crippen LogP contribution in [0.2, 0.25) is 0 Å². The lowest BCUT2D eigenvalue weighted by molar-refractivity contribution is -0.294. The topological polar surface area (TPSA) is 160 Å². The van der Waals surface area contributed by atoms with Crippen LogP contribution < -0.4 is 0 Å². The van der Waals surface area contributed by atoms with E-state index >= 15 is 0 Å². The number of aliphatic hydroxyl groups is 4. The number of carbonyl (C=O) groups is 3. The van der Waals surface area contributed by atoms with E-state index in [0.29, 0.717) is 18.4 Å². The summed E-state index contributed by atoms with van der Waals surface area (Å²) in [5, 5.41) is 46.7. The highest BCUT2D eigenvalue weighted by Crippen LogP contribution is 2.61. The van der Waals surface area contributed by atoms with Crippen molar-refractivity contribution in [3.05, 3.63) is 34.6 Å². The monoisotopic (exact) mass is 604 g/mol. The Morgan fingerprint density at radius 3 is 2.37 bits per heavy atom. The van der Waals surface area contributed by atoms with Crippen LogP contribution in [0.25, 0.3) is 0 Å². The van der Waals surface area contributed by atoms with Crippen LogP contribution in [0.1, 0.15) is 88.0 Å². The smallest absolute Gasteiger partial charge is 0.303 e. The average molecular weight is 605 g/mol. The summed E-state index contributed by atoms with van der Waals surface area (Å²) in [6, 6.07) is 0. The number of rotatable bonds is 7. The number of allylic oxidation sites excluding steroid dienone is 2. The Bertz CT molecular complexity index is 1270. The zero-order chi connectivity index (χ0) is 32.4. The van der Waals surface area contributed by atoms with Crippen molar-refractivity contribution in [1.82, 2.24) is 0 Å². The lowest BCUT2D eigenvalue weighted by atomic mass is 9.51. The molecule has 10 atom stereocenters. The van der Waals surface area contributed by atoms with Gasteiger partial charge >= 0.3 is 5.97 Å². The van der Waals surface area contributed by atoms with Gasteiger partial charge in [-0.25, -0.2) is 0 Å². The number of Topliss-reactive ketones (excluding diaryl/α,β-unsaturated/α-hetero) is 1. The molecule has 1 saturated heterocycles. The second kappa shape index (κ2) is 11.2. The maximum atomic E-state index is 13.9. The first-order valence-corrected chi connectivity index (χ1v) is 15.2. The van der Waals surface area contributed by atoms with Crippen LogP contribution in [0.3, 0.4) is 0 Å². The van der Waals surface area contributed by atoms with E-state index in [0.717, 1.165) is 0 Å². The van der Waals surface area contributed by atoms with Gasteiger partial charge in [0.05, 0.1) is 35.6 Å². The molecule has 0 bridgehead atoms. The van der Waals surface area contributed by atoms with Crippen LogP contribution in [-0.4, -0.2) is 85.3 Å². The second-order valence-electron chi connectivity index (χ2n) is 14.1. The molecule has 0 amide bonds. The van der Waals surface area contributed by atoms with Crippen molar-refractivity contribution in [2.24, 2.45) is 17.3 Å². The lowest BCUT2D eigenvalue weighted by Gasteiger charge is -2.63. The van der Waals surface area contributed by atoms with Gasteiger partial charge in [0.1, 0.15) is 23.2 Å². The lowest BCUT2D eigenvalue weighted by Crippen LogP contribution is -2.70. The molecule has 10 unspecified atom stereocenters. The van der Waals surface area contributed by atoms with E-state index < -0.39 is 82.7 Å². The minimum Gasteiger partial charge on any atom is -0.487 e. The molecular weight excluding hydrogens is 556 g/mol. The molecule has 10 heteroatoms. The van der Waals surface area contributed by atoms with E-state index in [1.807, 2.05) is 6.92 Å². The van der Waals surface area contributed by atoms with Crippen LogP contribution in [0.5, 0.6) is 0 Å². The Labute approximate surface area is 253 Å². The summed E-state index contributed by atoms with van der Waals surface area (Å²) in [5.74, 6) is -3.22. The van der Waals surface area contributed by atoms with Crippen molar-refractivity contribution in [2.75, 3.05) is 0 Å². The normalized spacial score (nSPS) is 39.5. The molecule has 0 aromatic heterocycles. The first-order chi connectivity index (χ1) is 19.7. The molecule has 0 aromatic carbocycles. The molecule has 10 nitrogen and oxygen atoms in total. The van der Waals surface area contributed by atoms with Crippen molar-refractivity contribution in [3.8, 4) is 0 Å². The van der Waals surface area contributed by atoms with Crippen LogP contribution in [-0.2, 0) is 28.6 Å². The fourth-order valence-electron chi connectivity index (χ4n) is 8.10. The number of fused-ring (bicyclic) bond motifs is 3. The minimum absolute atomic E-state index is 0.118. The first kappa shape index (κ1) is 33.5. The first-order valence-electron chi connectivity index (χ1n) is 15.2. The molecule has 240 valence electrons. The predicted octanol–water partition coefficient (Wildman–Crippen LogP) is 2.85. The van der Waals surface area contributed by atoms with Crippen molar-refractivity contribution < 1.29 is 49.0 Å². The molecule has 43 heavy (non-hydrogen) atoms. The Morgan fingerprint density at radius 1 is 1.21 bits per heavy atom. The van der Waals surface area contributed by atoms with Gasteiger partial charge in [0, 0.05) is 37.0 Å². The van der Waals surface area contributed by atoms with E-state index in [9.17, 15) is 34.8 Å². The Kier molecular flexibility index (Phi) is 8.74. The van der Waals surface area contributed by atoms with E-state index in [-0.39, 0.29) is 29.1 Å². The fourth-order valence-corrected chi connectivity index (χ4v) is 8.10. The van der Waals surface area contributed by atoms with E-state index in [1.54, 1.807) is 47.6 Å². The third kappa shape index (κ3) is 5.43. The molecule has 0 radical (unpaired) electrons. The molecular formula is C33H48O10. The number of ether oxygens (including phenoxy) is 3. The standard InChI is InChI=1S/C33H48O10/c1-10-16(2)27(41-19(5)35)18(4)20-13-21(36)25-26(38)28-31(8,43-29(25)33(20,40)15-17(3)34)12-11-23-32(28,9)22(37)14-24(42-23)30(6,7)39/h10,13,18,22-24,26-28,37-40H,11-12,14-15H2,1-9H3/b16-10+. The van der Waals surface area contributed by atoms with Gasteiger partial charge in [0.2, 0.25) is 0 Å². The van der Waals surface area contributed by atoms with E-state index in [4.69, 9.17) is 14.2 Å². The van der Waals surface area contributed by atoms with Gasteiger partial charge in [-0.05, 0) is 71.6 Å². The van der Waals surface area contributed by atoms with Crippen molar-refractivity contribution >= 4 is 17.5 Å². The highest BCUT2D eigenvalue weighted by Gasteiger charge is 2.68. The number of carbonyl (C=O) groups excluding carboxylic acids is 3. The van der Waals surface area contributed by atoms with Gasteiger partial charge in [0.15, 0.2) is 11.4 Å². The maximum absolute atomic E-state index is 13.9. The molecule has 1 saturated carbocycles. The van der Waals surface area contributed by atoms with Crippen molar-refractivity contribution in [1.29, 1.82) is 0 Å². The minimum atomic E-state index is -2.10. The van der Waals surface area contributed by atoms with Gasteiger partial charge < -0.3 is 34.6 Å². The summed E-state index contributed by atoms with van der Waals surface area (Å²) >= 11 is 0. The average Bonchev–Trinajstić information content (AvgIpc) is 2.87. The second-order valence-corrected chi connectivity index (χ2v) is 14.1.